The molecule has 0 saturated carbocycles. The van der Waals surface area contributed by atoms with Crippen molar-refractivity contribution < 1.29 is 49.0 Å². The summed E-state index contributed by atoms with van der Waals surface area (Å²) in [6.45, 7) is 1.55. The van der Waals surface area contributed by atoms with Crippen molar-refractivity contribution in [3.8, 4) is 5.75 Å². The molecule has 1 fully saturated rings. The van der Waals surface area contributed by atoms with E-state index >= 15 is 0 Å². The van der Waals surface area contributed by atoms with Crippen LogP contribution in [0.1, 0.15) is 42.9 Å². The van der Waals surface area contributed by atoms with Crippen molar-refractivity contribution in [1.82, 2.24) is 4.90 Å². The molecule has 0 amide bonds. The summed E-state index contributed by atoms with van der Waals surface area (Å²) >= 11 is 0. The molecule has 0 radical (unpaired) electrons. The molecule has 5 rings (SSSR count). The molecule has 194 valence electrons. The second-order valence-corrected chi connectivity index (χ2v) is 10.0. The molecule has 2 unspecified atom stereocenters. The lowest BCUT2D eigenvalue weighted by Crippen LogP contribution is -2.74. The summed E-state index contributed by atoms with van der Waals surface area (Å²) < 4.78 is 16.5. The van der Waals surface area contributed by atoms with E-state index in [4.69, 9.17) is 14.6 Å². The Kier molecular flexibility index (Phi) is 5.86. The number of benzene rings is 1. The zero-order valence-electron chi connectivity index (χ0n) is 20.0. The first-order valence-corrected chi connectivity index (χ1v) is 11.9. The molecule has 11 nitrogen and oxygen atoms in total. The number of aliphatic hydroxyl groups is 3. The molecule has 1 saturated heterocycles. The highest BCUT2D eigenvalue weighted by molar-refractivity contribution is 5.84. The number of carboxylic acids is 1. The van der Waals surface area contributed by atoms with Crippen LogP contribution in [0.4, 0.5) is 0 Å². The number of esters is 2. The van der Waals surface area contributed by atoms with Gasteiger partial charge in [0, 0.05) is 23.6 Å². The number of hydrogen-bond donors (Lipinski definition) is 4. The van der Waals surface area contributed by atoms with Crippen LogP contribution in [0.25, 0.3) is 0 Å². The molecule has 0 aromatic heterocycles. The molecule has 6 atom stereocenters. The Morgan fingerprint density at radius 1 is 1.31 bits per heavy atom. The van der Waals surface area contributed by atoms with E-state index in [0.29, 0.717) is 30.7 Å². The van der Waals surface area contributed by atoms with Crippen LogP contribution in [-0.2, 0) is 42.3 Å². The smallest absolute Gasteiger partial charge is 0.344 e. The highest BCUT2D eigenvalue weighted by Crippen LogP contribution is 2.64. The average molecular weight is 504 g/mol. The largest absolute Gasteiger partial charge is 0.481 e. The summed E-state index contributed by atoms with van der Waals surface area (Å²) in [4.78, 5) is 37.6. The third kappa shape index (κ3) is 3.37. The number of piperidine rings is 1. The molecular formula is C25H29NO10. The molecule has 2 aliphatic carbocycles. The molecule has 1 aromatic carbocycles. The summed E-state index contributed by atoms with van der Waals surface area (Å²) in [5.74, 6) is -2.91. The molecule has 36 heavy (non-hydrogen) atoms. The Bertz CT molecular complexity index is 1160. The number of carboxylic acid groups (broad SMARTS) is 1. The maximum Gasteiger partial charge on any atom is 0.344 e. The van der Waals surface area contributed by atoms with Gasteiger partial charge in [-0.2, -0.15) is 0 Å². The van der Waals surface area contributed by atoms with E-state index < -0.39 is 53.7 Å². The molecule has 4 aliphatic rings. The van der Waals surface area contributed by atoms with Gasteiger partial charge in [-0.3, -0.25) is 4.79 Å². The van der Waals surface area contributed by atoms with E-state index in [1.54, 1.807) is 12.1 Å². The Hall–Kier alpha value is -2.99. The molecular weight excluding hydrogens is 474 g/mol. The fourth-order valence-electron chi connectivity index (χ4n) is 6.35. The van der Waals surface area contributed by atoms with Gasteiger partial charge in [-0.25, -0.2) is 9.59 Å². The summed E-state index contributed by atoms with van der Waals surface area (Å²) in [7, 11) is 1.97. The number of rotatable bonds is 7. The summed E-state index contributed by atoms with van der Waals surface area (Å²) in [5.41, 5.74) is 0.358. The Morgan fingerprint density at radius 2 is 2.06 bits per heavy atom. The Balaban J connectivity index is 1.43. The van der Waals surface area contributed by atoms with Gasteiger partial charge in [0.1, 0.15) is 11.5 Å². The summed E-state index contributed by atoms with van der Waals surface area (Å²) in [6, 6.07) is 3.57. The average Bonchev–Trinajstić information content (AvgIpc) is 3.18. The van der Waals surface area contributed by atoms with Crippen LogP contribution in [0, 0.1) is 0 Å². The minimum Gasteiger partial charge on any atom is -0.481 e. The third-order valence-electron chi connectivity index (χ3n) is 8.13. The first-order valence-electron chi connectivity index (χ1n) is 11.9. The molecule has 2 aliphatic heterocycles. The van der Waals surface area contributed by atoms with E-state index in [-0.39, 0.29) is 24.8 Å². The maximum absolute atomic E-state index is 12.7. The van der Waals surface area contributed by atoms with Crippen LogP contribution in [0.15, 0.2) is 24.0 Å². The van der Waals surface area contributed by atoms with Crippen LogP contribution in [0.3, 0.4) is 0 Å². The third-order valence-corrected chi connectivity index (χ3v) is 8.13. The topological polar surface area (TPSA) is 163 Å². The molecule has 1 aromatic rings. The van der Waals surface area contributed by atoms with Gasteiger partial charge in [0.05, 0.1) is 24.0 Å². The quantitative estimate of drug-likeness (QED) is 0.363. The number of ether oxygens (including phenoxy) is 3. The van der Waals surface area contributed by atoms with Crippen molar-refractivity contribution in [1.29, 1.82) is 0 Å². The van der Waals surface area contributed by atoms with E-state index in [2.05, 4.69) is 9.64 Å². The van der Waals surface area contributed by atoms with E-state index in [0.717, 1.165) is 18.1 Å². The Morgan fingerprint density at radius 3 is 2.75 bits per heavy atom. The van der Waals surface area contributed by atoms with Crippen molar-refractivity contribution in [3.05, 3.63) is 40.7 Å². The van der Waals surface area contributed by atoms with Crippen molar-refractivity contribution >= 4 is 17.9 Å². The normalized spacial score (nSPS) is 31.4. The van der Waals surface area contributed by atoms with Crippen molar-refractivity contribution in [3.63, 3.8) is 0 Å². The first-order chi connectivity index (χ1) is 17.0. The van der Waals surface area contributed by atoms with Crippen LogP contribution in [0.2, 0.25) is 0 Å². The first kappa shape index (κ1) is 24.7. The van der Waals surface area contributed by atoms with Crippen molar-refractivity contribution in [2.24, 2.45) is 0 Å². The lowest BCUT2D eigenvalue weighted by molar-refractivity contribution is -0.173. The number of carbonyl (C=O) groups is 3. The summed E-state index contributed by atoms with van der Waals surface area (Å²) in [5, 5.41) is 41.0. The number of aliphatic carboxylic acids is 1. The second kappa shape index (κ2) is 8.55. The van der Waals surface area contributed by atoms with Gasteiger partial charge >= 0.3 is 17.9 Å². The van der Waals surface area contributed by atoms with E-state index in [1.807, 2.05) is 13.1 Å². The number of likely N-dealkylation sites (N-methyl/N-ethyl adjacent to an activating group) is 1. The fraction of sp³-hybridized carbons (Fsp3) is 0.560. The summed E-state index contributed by atoms with van der Waals surface area (Å²) in [6.07, 6.45) is -2.02. The number of likely N-dealkylation sites (tertiary alicyclic amines) is 1. The zero-order chi connectivity index (χ0) is 26.0. The van der Waals surface area contributed by atoms with Gasteiger partial charge in [-0.1, -0.05) is 12.1 Å². The minimum atomic E-state index is -1.91. The van der Waals surface area contributed by atoms with E-state index in [1.165, 1.54) is 0 Å². The SMILES string of the molecule is C[C@H](OC(=O)[C@@H](O)CC(=O)OC1=CC[C@@]2(O)[C@H]3Cc4ccc(CO)c5c4C2(CCN3C)C1O5)C(=O)O. The molecule has 2 heterocycles. The van der Waals surface area contributed by atoms with Gasteiger partial charge in [-0.15, -0.1) is 0 Å². The lowest BCUT2D eigenvalue weighted by atomic mass is 9.50. The second-order valence-electron chi connectivity index (χ2n) is 10.0. The number of carbonyl (C=O) groups excluding carboxylic acids is 2. The van der Waals surface area contributed by atoms with Gasteiger partial charge < -0.3 is 39.5 Å². The van der Waals surface area contributed by atoms with Crippen LogP contribution >= 0.6 is 0 Å². The monoisotopic (exact) mass is 503 g/mol. The maximum atomic E-state index is 12.7. The van der Waals surface area contributed by atoms with Crippen molar-refractivity contribution in [2.75, 3.05) is 13.6 Å². The lowest BCUT2D eigenvalue weighted by Gasteiger charge is -2.61. The van der Waals surface area contributed by atoms with Crippen LogP contribution < -0.4 is 4.74 Å². The highest BCUT2D eigenvalue weighted by atomic mass is 16.6. The molecule has 11 heteroatoms. The van der Waals surface area contributed by atoms with Crippen LogP contribution in [0.5, 0.6) is 5.75 Å². The number of nitrogens with zero attached hydrogens (tertiary/aromatic N) is 1. The predicted molar refractivity (Wildman–Crippen MR) is 121 cm³/mol. The Labute approximate surface area is 206 Å². The van der Waals surface area contributed by atoms with Gasteiger partial charge in [-0.05, 0) is 45.0 Å². The minimum absolute atomic E-state index is 0.167. The van der Waals surface area contributed by atoms with Gasteiger partial charge in [0.15, 0.2) is 18.3 Å². The number of hydrogen-bond acceptors (Lipinski definition) is 10. The zero-order valence-corrected chi connectivity index (χ0v) is 20.0. The fourth-order valence-corrected chi connectivity index (χ4v) is 6.35. The van der Waals surface area contributed by atoms with Crippen LogP contribution in [-0.4, -0.2) is 86.8 Å². The highest BCUT2D eigenvalue weighted by Gasteiger charge is 2.71. The van der Waals surface area contributed by atoms with Crippen molar-refractivity contribution in [2.45, 2.75) is 74.6 Å². The van der Waals surface area contributed by atoms with E-state index in [9.17, 15) is 29.7 Å². The molecule has 1 spiro atoms. The molecule has 4 N–H and O–H groups in total. The van der Waals surface area contributed by atoms with Gasteiger partial charge in [0.25, 0.3) is 0 Å². The van der Waals surface area contributed by atoms with Gasteiger partial charge in [0.2, 0.25) is 0 Å². The number of aliphatic hydroxyl groups excluding tert-OH is 2. The predicted octanol–water partition coefficient (Wildman–Crippen LogP) is -0.233. The standard InChI is InChI=1S/C25H29NO10/c1-12(22(30)31)34-23(32)15(28)10-18(29)35-16-5-6-25(33)17-9-13-3-4-14(11-27)20-19(13)24(25,21(16)36-20)7-8-26(17)2/h3-5,12,15,17,21,27-28,33H,6-11H2,1-2H3,(H,30,31)/t12-,15-,17+,21?,24?,25+/m0/s1. The molecule has 2 bridgehead atoms.